The Bertz CT molecular complexity index is 375. The molecule has 2 rings (SSSR count). The van der Waals surface area contributed by atoms with Crippen LogP contribution in [0.15, 0.2) is 12.3 Å². The molecule has 0 aromatic carbocycles. The maximum atomic E-state index is 5.43. The lowest BCUT2D eigenvalue weighted by Crippen LogP contribution is -2.16. The van der Waals surface area contributed by atoms with Gasteiger partial charge in [-0.05, 0) is 38.3 Å². The van der Waals surface area contributed by atoms with Crippen LogP contribution in [-0.2, 0) is 16.0 Å². The fourth-order valence-electron chi connectivity index (χ4n) is 2.76. The summed E-state index contributed by atoms with van der Waals surface area (Å²) in [5.41, 5.74) is 1.15. The third kappa shape index (κ3) is 6.16. The fraction of sp³-hybridized carbons (Fsp3) is 0.812. The van der Waals surface area contributed by atoms with Gasteiger partial charge < -0.3 is 14.8 Å². The lowest BCUT2D eigenvalue weighted by Gasteiger charge is -2.09. The highest BCUT2D eigenvalue weighted by molar-refractivity contribution is 4.99. The van der Waals surface area contributed by atoms with Crippen LogP contribution < -0.4 is 5.32 Å². The largest absolute Gasteiger partial charge is 0.382 e. The van der Waals surface area contributed by atoms with Gasteiger partial charge in [0.2, 0.25) is 0 Å². The zero-order valence-electron chi connectivity index (χ0n) is 13.2. The summed E-state index contributed by atoms with van der Waals surface area (Å²) in [5, 5.41) is 8.13. The Balaban J connectivity index is 1.49. The predicted octanol–water partition coefficient (Wildman–Crippen LogP) is 2.53. The van der Waals surface area contributed by atoms with E-state index in [2.05, 4.69) is 27.4 Å². The molecule has 0 amide bonds. The molecule has 1 heterocycles. The Morgan fingerprint density at radius 1 is 1.24 bits per heavy atom. The number of nitrogens with one attached hydrogen (secondary N) is 1. The standard InChI is InChI=1S/C16H29N3O2/c1-20-12-13-21-11-5-4-9-17-14-15-8-10-19(18-15)16-6-2-3-7-16/h8,10,16-17H,2-7,9,11-14H2,1H3. The minimum Gasteiger partial charge on any atom is -0.382 e. The molecule has 1 fully saturated rings. The maximum absolute atomic E-state index is 5.43. The topological polar surface area (TPSA) is 48.3 Å². The Morgan fingerprint density at radius 3 is 2.90 bits per heavy atom. The van der Waals surface area contributed by atoms with Crippen LogP contribution in [0.25, 0.3) is 0 Å². The molecule has 1 aliphatic rings. The van der Waals surface area contributed by atoms with Gasteiger partial charge in [0.05, 0.1) is 24.9 Å². The van der Waals surface area contributed by atoms with Gasteiger partial charge in [0.15, 0.2) is 0 Å². The van der Waals surface area contributed by atoms with E-state index in [9.17, 15) is 0 Å². The summed E-state index contributed by atoms with van der Waals surface area (Å²) in [6, 6.07) is 2.78. The number of methoxy groups -OCH3 is 1. The molecule has 0 saturated heterocycles. The second-order valence-electron chi connectivity index (χ2n) is 5.71. The van der Waals surface area contributed by atoms with Gasteiger partial charge in [0.25, 0.3) is 0 Å². The summed E-state index contributed by atoms with van der Waals surface area (Å²) >= 11 is 0. The molecule has 1 saturated carbocycles. The van der Waals surface area contributed by atoms with Crippen molar-refractivity contribution in [1.29, 1.82) is 0 Å². The van der Waals surface area contributed by atoms with Crippen LogP contribution in [-0.4, -0.2) is 43.3 Å². The zero-order chi connectivity index (χ0) is 14.8. The summed E-state index contributed by atoms with van der Waals surface area (Å²) in [6.07, 6.45) is 9.64. The highest BCUT2D eigenvalue weighted by Crippen LogP contribution is 2.28. The van der Waals surface area contributed by atoms with Gasteiger partial charge in [-0.1, -0.05) is 12.8 Å². The third-order valence-electron chi connectivity index (χ3n) is 3.99. The van der Waals surface area contributed by atoms with Crippen LogP contribution in [0.4, 0.5) is 0 Å². The normalized spacial score (nSPS) is 15.9. The SMILES string of the molecule is COCCOCCCCNCc1ccn(C2CCCC2)n1. The van der Waals surface area contributed by atoms with Crippen molar-refractivity contribution in [2.24, 2.45) is 0 Å². The van der Waals surface area contributed by atoms with Crippen LogP contribution in [0.1, 0.15) is 50.3 Å². The van der Waals surface area contributed by atoms with Crippen molar-refractivity contribution in [1.82, 2.24) is 15.1 Å². The molecule has 0 aliphatic heterocycles. The van der Waals surface area contributed by atoms with E-state index in [1.165, 1.54) is 25.7 Å². The first kappa shape index (κ1) is 16.5. The molecule has 5 nitrogen and oxygen atoms in total. The molecule has 5 heteroatoms. The Kier molecular flexibility index (Phi) is 7.78. The minimum absolute atomic E-state index is 0.642. The number of nitrogens with zero attached hydrogens (tertiary/aromatic N) is 2. The van der Waals surface area contributed by atoms with Gasteiger partial charge in [-0.3, -0.25) is 4.68 Å². The number of rotatable bonds is 11. The van der Waals surface area contributed by atoms with Gasteiger partial charge in [0, 0.05) is 26.5 Å². The van der Waals surface area contributed by atoms with Crippen molar-refractivity contribution >= 4 is 0 Å². The van der Waals surface area contributed by atoms with Crippen molar-refractivity contribution in [3.05, 3.63) is 18.0 Å². The van der Waals surface area contributed by atoms with E-state index < -0.39 is 0 Å². The summed E-state index contributed by atoms with van der Waals surface area (Å²) in [6.45, 7) is 4.08. The smallest absolute Gasteiger partial charge is 0.0762 e. The van der Waals surface area contributed by atoms with Crippen molar-refractivity contribution in [2.75, 3.05) is 33.5 Å². The lowest BCUT2D eigenvalue weighted by molar-refractivity contribution is 0.0688. The van der Waals surface area contributed by atoms with Crippen LogP contribution >= 0.6 is 0 Å². The van der Waals surface area contributed by atoms with Crippen LogP contribution in [0.2, 0.25) is 0 Å². The van der Waals surface area contributed by atoms with Gasteiger partial charge in [-0.15, -0.1) is 0 Å². The van der Waals surface area contributed by atoms with Gasteiger partial charge in [-0.25, -0.2) is 0 Å². The first-order valence-electron chi connectivity index (χ1n) is 8.21. The fourth-order valence-corrected chi connectivity index (χ4v) is 2.76. The lowest BCUT2D eigenvalue weighted by atomic mass is 10.3. The monoisotopic (exact) mass is 295 g/mol. The average Bonchev–Trinajstić information content (AvgIpc) is 3.16. The molecule has 0 atom stereocenters. The highest BCUT2D eigenvalue weighted by atomic mass is 16.5. The van der Waals surface area contributed by atoms with Crippen molar-refractivity contribution in [3.8, 4) is 0 Å². The molecule has 1 aliphatic carbocycles. The van der Waals surface area contributed by atoms with Crippen molar-refractivity contribution in [2.45, 2.75) is 51.1 Å². The first-order chi connectivity index (χ1) is 10.4. The molecule has 0 bridgehead atoms. The Hall–Kier alpha value is -0.910. The van der Waals surface area contributed by atoms with Gasteiger partial charge >= 0.3 is 0 Å². The highest BCUT2D eigenvalue weighted by Gasteiger charge is 2.17. The molecule has 0 unspecified atom stereocenters. The summed E-state index contributed by atoms with van der Waals surface area (Å²) in [7, 11) is 1.70. The molecular weight excluding hydrogens is 266 g/mol. The second kappa shape index (κ2) is 9.92. The molecule has 0 radical (unpaired) electrons. The number of hydrogen-bond donors (Lipinski definition) is 1. The van der Waals surface area contributed by atoms with E-state index in [0.29, 0.717) is 19.3 Å². The Morgan fingerprint density at radius 2 is 2.10 bits per heavy atom. The molecule has 1 aromatic rings. The third-order valence-corrected chi connectivity index (χ3v) is 3.99. The summed E-state index contributed by atoms with van der Waals surface area (Å²) < 4.78 is 12.5. The zero-order valence-corrected chi connectivity index (χ0v) is 13.2. The first-order valence-corrected chi connectivity index (χ1v) is 8.21. The molecule has 120 valence electrons. The minimum atomic E-state index is 0.642. The van der Waals surface area contributed by atoms with E-state index in [4.69, 9.17) is 9.47 Å². The Labute approximate surface area is 128 Å². The number of unbranched alkanes of at least 4 members (excludes halogenated alkanes) is 1. The van der Waals surface area contributed by atoms with Gasteiger partial charge in [-0.2, -0.15) is 5.10 Å². The molecule has 21 heavy (non-hydrogen) atoms. The van der Waals surface area contributed by atoms with E-state index in [0.717, 1.165) is 38.2 Å². The van der Waals surface area contributed by atoms with Gasteiger partial charge in [0.1, 0.15) is 0 Å². The average molecular weight is 295 g/mol. The van der Waals surface area contributed by atoms with E-state index in [-0.39, 0.29) is 0 Å². The summed E-state index contributed by atoms with van der Waals surface area (Å²) in [5.74, 6) is 0. The van der Waals surface area contributed by atoms with Crippen LogP contribution in [0.5, 0.6) is 0 Å². The molecule has 0 spiro atoms. The molecular formula is C16H29N3O2. The van der Waals surface area contributed by atoms with Crippen LogP contribution in [0, 0.1) is 0 Å². The van der Waals surface area contributed by atoms with E-state index in [1.54, 1.807) is 7.11 Å². The number of aromatic nitrogens is 2. The number of ether oxygens (including phenoxy) is 2. The van der Waals surface area contributed by atoms with Crippen molar-refractivity contribution in [3.63, 3.8) is 0 Å². The van der Waals surface area contributed by atoms with Crippen LogP contribution in [0.3, 0.4) is 0 Å². The second-order valence-corrected chi connectivity index (χ2v) is 5.71. The molecule has 1 aromatic heterocycles. The van der Waals surface area contributed by atoms with E-state index in [1.807, 2.05) is 0 Å². The number of hydrogen-bond acceptors (Lipinski definition) is 4. The van der Waals surface area contributed by atoms with Crippen molar-refractivity contribution < 1.29 is 9.47 Å². The maximum Gasteiger partial charge on any atom is 0.0762 e. The molecule has 1 N–H and O–H groups in total. The summed E-state index contributed by atoms with van der Waals surface area (Å²) in [4.78, 5) is 0. The quantitative estimate of drug-likeness (QED) is 0.637. The predicted molar refractivity (Wildman–Crippen MR) is 83.4 cm³/mol. The van der Waals surface area contributed by atoms with E-state index >= 15 is 0 Å².